The van der Waals surface area contributed by atoms with Crippen LogP contribution in [0, 0.1) is 10.1 Å². The molecule has 0 saturated heterocycles. The lowest BCUT2D eigenvalue weighted by Crippen LogP contribution is -2.29. The minimum atomic E-state index is -1.16. The van der Waals surface area contributed by atoms with Gasteiger partial charge in [0.1, 0.15) is 5.69 Å². The average Bonchev–Trinajstić information content (AvgIpc) is 2.63. The van der Waals surface area contributed by atoms with Crippen LogP contribution in [0.15, 0.2) is 48.5 Å². The normalized spacial score (nSPS) is 11.8. The van der Waals surface area contributed by atoms with Gasteiger partial charge in [-0.25, -0.2) is 4.79 Å². The van der Waals surface area contributed by atoms with E-state index in [0.717, 1.165) is 6.08 Å². The third-order valence-corrected chi connectivity index (χ3v) is 4.12. The van der Waals surface area contributed by atoms with Gasteiger partial charge in [-0.2, -0.15) is 0 Å². The Balaban J connectivity index is 1.97. The van der Waals surface area contributed by atoms with Gasteiger partial charge in [-0.05, 0) is 36.8 Å². The van der Waals surface area contributed by atoms with Gasteiger partial charge in [-0.1, -0.05) is 41.4 Å². The molecule has 0 fully saturated rings. The molecule has 2 aromatic carbocycles. The summed E-state index contributed by atoms with van der Waals surface area (Å²) in [6.07, 6.45) is 1.43. The number of hydrogen-bond donors (Lipinski definition) is 1. The summed E-state index contributed by atoms with van der Waals surface area (Å²) in [5.41, 5.74) is 0.379. The van der Waals surface area contributed by atoms with Gasteiger partial charge in [0.25, 0.3) is 11.6 Å². The number of esters is 1. The molecule has 0 radical (unpaired) electrons. The lowest BCUT2D eigenvalue weighted by Gasteiger charge is -2.12. The van der Waals surface area contributed by atoms with Crippen LogP contribution in [0.2, 0.25) is 10.0 Å². The monoisotopic (exact) mass is 408 g/mol. The predicted molar refractivity (Wildman–Crippen MR) is 103 cm³/mol. The summed E-state index contributed by atoms with van der Waals surface area (Å²) in [6.45, 7) is 1.36. The molecule has 9 heteroatoms. The summed E-state index contributed by atoms with van der Waals surface area (Å²) in [7, 11) is 0. The van der Waals surface area contributed by atoms with Crippen molar-refractivity contribution in [3.8, 4) is 0 Å². The number of nitro groups is 1. The van der Waals surface area contributed by atoms with Crippen LogP contribution in [0.1, 0.15) is 12.5 Å². The van der Waals surface area contributed by atoms with Crippen molar-refractivity contribution in [2.24, 2.45) is 0 Å². The van der Waals surface area contributed by atoms with Crippen molar-refractivity contribution in [2.45, 2.75) is 13.0 Å². The van der Waals surface area contributed by atoms with Crippen LogP contribution in [0.5, 0.6) is 0 Å². The molecule has 0 spiro atoms. The molecule has 2 aromatic rings. The zero-order valence-electron chi connectivity index (χ0n) is 14.0. The standard InChI is InChI=1S/C18H14Cl2N2O5/c1-11(18(24)21-15-4-2-3-5-16(15)22(25)26)27-17(23)9-7-12-6-8-13(19)14(20)10-12/h2-11H,1H3,(H,21,24)/b9-7+/t11-/m1/s1. The van der Waals surface area contributed by atoms with Crippen molar-refractivity contribution in [3.63, 3.8) is 0 Å². The molecule has 0 unspecified atom stereocenters. The van der Waals surface area contributed by atoms with Gasteiger partial charge in [0.05, 0.1) is 15.0 Å². The quantitative estimate of drug-likeness (QED) is 0.328. The number of amides is 1. The van der Waals surface area contributed by atoms with Crippen LogP contribution < -0.4 is 5.32 Å². The molecule has 1 N–H and O–H groups in total. The summed E-state index contributed by atoms with van der Waals surface area (Å²) < 4.78 is 4.99. The Morgan fingerprint density at radius 1 is 1.19 bits per heavy atom. The van der Waals surface area contributed by atoms with E-state index >= 15 is 0 Å². The van der Waals surface area contributed by atoms with E-state index in [4.69, 9.17) is 27.9 Å². The molecule has 0 aliphatic rings. The first-order valence-electron chi connectivity index (χ1n) is 7.66. The number of para-hydroxylation sites is 2. The first kappa shape index (κ1) is 20.4. The molecule has 0 bridgehead atoms. The Bertz CT molecular complexity index is 914. The molecule has 1 amide bonds. The van der Waals surface area contributed by atoms with Gasteiger partial charge < -0.3 is 10.1 Å². The molecule has 0 aliphatic carbocycles. The number of rotatable bonds is 6. The number of hydrogen-bond acceptors (Lipinski definition) is 5. The van der Waals surface area contributed by atoms with Crippen LogP contribution in [0.3, 0.4) is 0 Å². The number of carbonyl (C=O) groups is 2. The third kappa shape index (κ3) is 5.80. The Morgan fingerprint density at radius 3 is 2.56 bits per heavy atom. The fourth-order valence-electron chi connectivity index (χ4n) is 2.02. The molecule has 0 aliphatic heterocycles. The number of nitrogens with zero attached hydrogens (tertiary/aromatic N) is 1. The SMILES string of the molecule is C[C@@H](OC(=O)/C=C/c1ccc(Cl)c(Cl)c1)C(=O)Nc1ccccc1[N+](=O)[O-]. The largest absolute Gasteiger partial charge is 0.449 e. The molecular formula is C18H14Cl2N2O5. The van der Waals surface area contributed by atoms with Crippen LogP contribution in [0.25, 0.3) is 6.08 Å². The number of benzene rings is 2. The fraction of sp³-hybridized carbons (Fsp3) is 0.111. The summed E-state index contributed by atoms with van der Waals surface area (Å²) in [4.78, 5) is 34.3. The molecule has 2 rings (SSSR count). The summed E-state index contributed by atoms with van der Waals surface area (Å²) in [5.74, 6) is -1.45. The average molecular weight is 409 g/mol. The van der Waals surface area contributed by atoms with Gasteiger partial charge in [0.2, 0.25) is 0 Å². The van der Waals surface area contributed by atoms with Crippen molar-refractivity contribution in [1.29, 1.82) is 0 Å². The van der Waals surface area contributed by atoms with E-state index in [2.05, 4.69) is 5.32 Å². The highest BCUT2D eigenvalue weighted by atomic mass is 35.5. The van der Waals surface area contributed by atoms with Crippen molar-refractivity contribution >= 4 is 52.5 Å². The van der Waals surface area contributed by atoms with E-state index in [1.807, 2.05) is 0 Å². The maximum atomic E-state index is 12.1. The third-order valence-electron chi connectivity index (χ3n) is 3.38. The molecule has 27 heavy (non-hydrogen) atoms. The van der Waals surface area contributed by atoms with Gasteiger partial charge >= 0.3 is 5.97 Å². The smallest absolute Gasteiger partial charge is 0.331 e. The van der Waals surface area contributed by atoms with Gasteiger partial charge in [0.15, 0.2) is 6.10 Å². The highest BCUT2D eigenvalue weighted by Crippen LogP contribution is 2.24. The Kier molecular flexibility index (Phi) is 6.92. The van der Waals surface area contributed by atoms with Crippen molar-refractivity contribution in [2.75, 3.05) is 5.32 Å². The lowest BCUT2D eigenvalue weighted by molar-refractivity contribution is -0.383. The predicted octanol–water partition coefficient (Wildman–Crippen LogP) is 4.49. The van der Waals surface area contributed by atoms with Crippen LogP contribution in [-0.4, -0.2) is 22.9 Å². The molecule has 140 valence electrons. The van der Waals surface area contributed by atoms with Crippen molar-refractivity contribution < 1.29 is 19.2 Å². The second-order valence-corrected chi connectivity index (χ2v) is 6.16. The Labute approximate surface area is 164 Å². The first-order valence-corrected chi connectivity index (χ1v) is 8.41. The van der Waals surface area contributed by atoms with Crippen molar-refractivity contribution in [3.05, 3.63) is 74.3 Å². The Morgan fingerprint density at radius 2 is 1.89 bits per heavy atom. The second kappa shape index (κ2) is 9.16. The van der Waals surface area contributed by atoms with E-state index in [0.29, 0.717) is 15.6 Å². The highest BCUT2D eigenvalue weighted by molar-refractivity contribution is 6.42. The zero-order valence-corrected chi connectivity index (χ0v) is 15.5. The molecule has 0 heterocycles. The minimum absolute atomic E-state index is 0.0155. The van der Waals surface area contributed by atoms with E-state index in [1.54, 1.807) is 24.3 Å². The molecular weight excluding hydrogens is 395 g/mol. The fourth-order valence-corrected chi connectivity index (χ4v) is 2.33. The highest BCUT2D eigenvalue weighted by Gasteiger charge is 2.20. The summed E-state index contributed by atoms with van der Waals surface area (Å²) in [6, 6.07) is 10.5. The molecule has 0 aromatic heterocycles. The number of anilines is 1. The zero-order chi connectivity index (χ0) is 20.0. The number of nitro benzene ring substituents is 1. The second-order valence-electron chi connectivity index (χ2n) is 5.35. The van der Waals surface area contributed by atoms with Gasteiger partial charge in [-0.3, -0.25) is 14.9 Å². The molecule has 0 saturated carbocycles. The Hall–Kier alpha value is -2.90. The lowest BCUT2D eigenvalue weighted by atomic mass is 10.2. The first-order chi connectivity index (χ1) is 12.8. The van der Waals surface area contributed by atoms with E-state index < -0.39 is 22.9 Å². The van der Waals surface area contributed by atoms with Crippen molar-refractivity contribution in [1.82, 2.24) is 0 Å². The molecule has 7 nitrogen and oxygen atoms in total. The van der Waals surface area contributed by atoms with E-state index in [-0.39, 0.29) is 11.4 Å². The summed E-state index contributed by atoms with van der Waals surface area (Å²) in [5, 5.41) is 14.1. The number of nitrogens with one attached hydrogen (secondary N) is 1. The van der Waals surface area contributed by atoms with E-state index in [9.17, 15) is 19.7 Å². The maximum Gasteiger partial charge on any atom is 0.331 e. The van der Waals surface area contributed by atoms with E-state index in [1.165, 1.54) is 31.2 Å². The van der Waals surface area contributed by atoms with Crippen LogP contribution in [-0.2, 0) is 14.3 Å². The summed E-state index contributed by atoms with van der Waals surface area (Å²) >= 11 is 11.7. The van der Waals surface area contributed by atoms with Crippen LogP contribution in [0.4, 0.5) is 11.4 Å². The number of ether oxygens (including phenoxy) is 1. The van der Waals surface area contributed by atoms with Crippen LogP contribution >= 0.6 is 23.2 Å². The van der Waals surface area contributed by atoms with Gasteiger partial charge in [0, 0.05) is 12.1 Å². The number of carbonyl (C=O) groups excluding carboxylic acids is 2. The number of halogens is 2. The topological polar surface area (TPSA) is 98.5 Å². The molecule has 1 atom stereocenters. The minimum Gasteiger partial charge on any atom is -0.449 e. The maximum absolute atomic E-state index is 12.1. The van der Waals surface area contributed by atoms with Gasteiger partial charge in [-0.15, -0.1) is 0 Å².